The van der Waals surface area contributed by atoms with E-state index in [0.29, 0.717) is 22.4 Å². The van der Waals surface area contributed by atoms with Crippen molar-refractivity contribution >= 4 is 9.84 Å². The van der Waals surface area contributed by atoms with Gasteiger partial charge in [0.2, 0.25) is 0 Å². The van der Waals surface area contributed by atoms with Crippen LogP contribution in [0.5, 0.6) is 0 Å². The summed E-state index contributed by atoms with van der Waals surface area (Å²) in [6, 6.07) is 15.5. The molecule has 1 heterocycles. The molecular formula is C24H19F2N3O3S. The average Bonchev–Trinajstić information content (AvgIpc) is 2.79. The summed E-state index contributed by atoms with van der Waals surface area (Å²) < 4.78 is 52.2. The van der Waals surface area contributed by atoms with Gasteiger partial charge >= 0.3 is 0 Å². The summed E-state index contributed by atoms with van der Waals surface area (Å²) in [6.45, 7) is -0.0602. The quantitative estimate of drug-likeness (QED) is 0.483. The van der Waals surface area contributed by atoms with Crippen molar-refractivity contribution in [1.82, 2.24) is 9.78 Å². The average molecular weight is 467 g/mol. The van der Waals surface area contributed by atoms with E-state index in [1.54, 1.807) is 12.1 Å². The fourth-order valence-electron chi connectivity index (χ4n) is 3.49. The van der Waals surface area contributed by atoms with Gasteiger partial charge in [-0.25, -0.2) is 17.2 Å². The van der Waals surface area contributed by atoms with Gasteiger partial charge in [-0.1, -0.05) is 18.2 Å². The molecule has 0 fully saturated rings. The highest BCUT2D eigenvalue weighted by Crippen LogP contribution is 2.31. The minimum Gasteiger partial charge on any atom is -0.326 e. The number of hydrogen-bond donors (Lipinski definition) is 1. The van der Waals surface area contributed by atoms with Gasteiger partial charge in [0.1, 0.15) is 11.6 Å². The van der Waals surface area contributed by atoms with Gasteiger partial charge in [0.25, 0.3) is 5.56 Å². The predicted octanol–water partition coefficient (Wildman–Crippen LogP) is 3.71. The number of hydrogen-bond acceptors (Lipinski definition) is 5. The summed E-state index contributed by atoms with van der Waals surface area (Å²) in [7, 11) is -3.40. The lowest BCUT2D eigenvalue weighted by Crippen LogP contribution is -2.23. The van der Waals surface area contributed by atoms with E-state index in [-0.39, 0.29) is 22.6 Å². The molecule has 0 spiro atoms. The molecule has 1 aromatic heterocycles. The SMILES string of the molecule is CS(=O)(=O)c1ccc(-c2cnn(-c3ccc(F)cc3)c(=O)c2-c2ccc(F)c(CN)c2)cc1. The van der Waals surface area contributed by atoms with Crippen molar-refractivity contribution in [2.24, 2.45) is 5.73 Å². The Labute approximate surface area is 188 Å². The van der Waals surface area contributed by atoms with Crippen LogP contribution < -0.4 is 11.3 Å². The smallest absolute Gasteiger partial charge is 0.279 e. The molecule has 0 aliphatic heterocycles. The highest BCUT2D eigenvalue weighted by molar-refractivity contribution is 7.90. The Bertz CT molecular complexity index is 1500. The van der Waals surface area contributed by atoms with Gasteiger partial charge in [0.15, 0.2) is 9.84 Å². The molecule has 0 aliphatic carbocycles. The van der Waals surface area contributed by atoms with E-state index in [2.05, 4.69) is 5.10 Å². The van der Waals surface area contributed by atoms with Gasteiger partial charge in [-0.2, -0.15) is 9.78 Å². The molecule has 0 unspecified atom stereocenters. The minimum atomic E-state index is -3.40. The monoisotopic (exact) mass is 467 g/mol. The summed E-state index contributed by atoms with van der Waals surface area (Å²) >= 11 is 0. The van der Waals surface area contributed by atoms with E-state index in [4.69, 9.17) is 5.73 Å². The zero-order valence-electron chi connectivity index (χ0n) is 17.5. The molecule has 0 saturated carbocycles. The summed E-state index contributed by atoms with van der Waals surface area (Å²) in [6.07, 6.45) is 2.56. The Kier molecular flexibility index (Phi) is 5.92. The fraction of sp³-hybridized carbons (Fsp3) is 0.0833. The summed E-state index contributed by atoms with van der Waals surface area (Å²) in [4.78, 5) is 13.7. The molecule has 0 bridgehead atoms. The Balaban J connectivity index is 1.98. The predicted molar refractivity (Wildman–Crippen MR) is 122 cm³/mol. The van der Waals surface area contributed by atoms with Crippen LogP contribution in [-0.2, 0) is 16.4 Å². The van der Waals surface area contributed by atoms with Crippen LogP contribution in [0.25, 0.3) is 27.9 Å². The first-order valence-corrected chi connectivity index (χ1v) is 11.8. The van der Waals surface area contributed by atoms with Crippen LogP contribution in [0.1, 0.15) is 5.56 Å². The zero-order valence-corrected chi connectivity index (χ0v) is 18.3. The number of sulfone groups is 1. The van der Waals surface area contributed by atoms with E-state index in [1.165, 1.54) is 60.8 Å². The second-order valence-electron chi connectivity index (χ2n) is 7.43. The minimum absolute atomic E-state index is 0.0602. The molecule has 2 N–H and O–H groups in total. The van der Waals surface area contributed by atoms with Crippen LogP contribution in [0, 0.1) is 11.6 Å². The van der Waals surface area contributed by atoms with E-state index in [0.717, 1.165) is 10.9 Å². The number of benzene rings is 3. The molecule has 0 aliphatic rings. The maximum absolute atomic E-state index is 14.1. The first kappa shape index (κ1) is 22.5. The number of aromatic nitrogens is 2. The van der Waals surface area contributed by atoms with Crippen LogP contribution in [0.4, 0.5) is 8.78 Å². The van der Waals surface area contributed by atoms with E-state index < -0.39 is 27.0 Å². The molecule has 3 aromatic carbocycles. The molecule has 0 saturated heterocycles. The van der Waals surface area contributed by atoms with E-state index in [9.17, 15) is 22.0 Å². The van der Waals surface area contributed by atoms with E-state index >= 15 is 0 Å². The van der Waals surface area contributed by atoms with Crippen LogP contribution in [0.3, 0.4) is 0 Å². The molecule has 0 amide bonds. The van der Waals surface area contributed by atoms with Crippen molar-refractivity contribution in [2.45, 2.75) is 11.4 Å². The number of nitrogens with zero attached hydrogens (tertiary/aromatic N) is 2. The first-order valence-electron chi connectivity index (χ1n) is 9.86. The van der Waals surface area contributed by atoms with Gasteiger partial charge in [-0.15, -0.1) is 0 Å². The molecular weight excluding hydrogens is 448 g/mol. The lowest BCUT2D eigenvalue weighted by Gasteiger charge is -2.14. The maximum Gasteiger partial charge on any atom is 0.279 e. The number of rotatable bonds is 5. The molecule has 168 valence electrons. The van der Waals surface area contributed by atoms with Crippen molar-refractivity contribution < 1.29 is 17.2 Å². The van der Waals surface area contributed by atoms with Gasteiger partial charge in [-0.3, -0.25) is 4.79 Å². The topological polar surface area (TPSA) is 95.0 Å². The van der Waals surface area contributed by atoms with Crippen molar-refractivity contribution in [3.8, 4) is 27.9 Å². The van der Waals surface area contributed by atoms with Gasteiger partial charge < -0.3 is 5.73 Å². The van der Waals surface area contributed by atoms with Crippen LogP contribution >= 0.6 is 0 Å². The summed E-state index contributed by atoms with van der Waals surface area (Å²) in [5.41, 5.74) is 7.33. The van der Waals surface area contributed by atoms with Crippen molar-refractivity contribution in [2.75, 3.05) is 6.26 Å². The van der Waals surface area contributed by atoms with Crippen LogP contribution in [-0.4, -0.2) is 24.5 Å². The first-order chi connectivity index (χ1) is 15.7. The van der Waals surface area contributed by atoms with Gasteiger partial charge in [-0.05, 0) is 59.7 Å². The largest absolute Gasteiger partial charge is 0.326 e. The molecule has 9 heteroatoms. The third kappa shape index (κ3) is 4.46. The van der Waals surface area contributed by atoms with Gasteiger partial charge in [0.05, 0.1) is 22.3 Å². The standard InChI is InChI=1S/C24H19F2N3O3S/c1-33(31,32)20-9-2-15(3-10-20)21-14-28-29(19-7-5-18(25)6-8-19)24(30)23(21)16-4-11-22(26)17(12-16)13-27/h2-12,14H,13,27H2,1H3. The van der Waals surface area contributed by atoms with Crippen LogP contribution in [0.15, 0.2) is 82.6 Å². The summed E-state index contributed by atoms with van der Waals surface area (Å²) in [5, 5.41) is 4.24. The lowest BCUT2D eigenvalue weighted by atomic mass is 9.96. The fourth-order valence-corrected chi connectivity index (χ4v) is 4.12. The third-order valence-electron chi connectivity index (χ3n) is 5.20. The Morgan fingerprint density at radius 3 is 2.18 bits per heavy atom. The van der Waals surface area contributed by atoms with Crippen LogP contribution in [0.2, 0.25) is 0 Å². The van der Waals surface area contributed by atoms with Crippen molar-refractivity contribution in [1.29, 1.82) is 0 Å². The lowest BCUT2D eigenvalue weighted by molar-refractivity contribution is 0.602. The van der Waals surface area contributed by atoms with Gasteiger partial charge in [0, 0.05) is 23.9 Å². The molecule has 0 radical (unpaired) electrons. The molecule has 33 heavy (non-hydrogen) atoms. The third-order valence-corrected chi connectivity index (χ3v) is 6.33. The Morgan fingerprint density at radius 2 is 1.58 bits per heavy atom. The molecule has 0 atom stereocenters. The van der Waals surface area contributed by atoms with Crippen molar-refractivity contribution in [3.05, 3.63) is 100 Å². The second kappa shape index (κ2) is 8.68. The number of halogens is 2. The molecule has 4 aromatic rings. The Hall–Kier alpha value is -3.69. The molecule has 4 rings (SSSR count). The molecule has 6 nitrogen and oxygen atoms in total. The second-order valence-corrected chi connectivity index (χ2v) is 9.45. The normalized spacial score (nSPS) is 11.5. The Morgan fingerprint density at radius 1 is 0.939 bits per heavy atom. The zero-order chi connectivity index (χ0) is 23.8. The van der Waals surface area contributed by atoms with E-state index in [1.807, 2.05) is 0 Å². The highest BCUT2D eigenvalue weighted by Gasteiger charge is 2.18. The summed E-state index contributed by atoms with van der Waals surface area (Å²) in [5.74, 6) is -0.950. The maximum atomic E-state index is 14.1. The van der Waals surface area contributed by atoms with Crippen molar-refractivity contribution in [3.63, 3.8) is 0 Å². The highest BCUT2D eigenvalue weighted by atomic mass is 32.2. The number of nitrogens with two attached hydrogens (primary N) is 1.